The summed E-state index contributed by atoms with van der Waals surface area (Å²) in [6, 6.07) is 13.0. The molecule has 2 unspecified atom stereocenters. The summed E-state index contributed by atoms with van der Waals surface area (Å²) < 4.78 is 5.50. The third-order valence-electron chi connectivity index (χ3n) is 3.93. The lowest BCUT2D eigenvalue weighted by molar-refractivity contribution is 0.0697. The van der Waals surface area contributed by atoms with Crippen molar-refractivity contribution in [2.45, 2.75) is 25.6 Å². The summed E-state index contributed by atoms with van der Waals surface area (Å²) >= 11 is 6.20. The third kappa shape index (κ3) is 5.21. The van der Waals surface area contributed by atoms with Crippen molar-refractivity contribution in [2.75, 3.05) is 7.11 Å². The molecule has 0 bridgehead atoms. The van der Waals surface area contributed by atoms with Crippen LogP contribution in [0.25, 0.3) is 0 Å². The van der Waals surface area contributed by atoms with E-state index in [1.165, 1.54) is 12.1 Å². The van der Waals surface area contributed by atoms with Gasteiger partial charge in [0.1, 0.15) is 6.10 Å². The number of hydrogen-bond donors (Lipinski definition) is 3. The average molecular weight is 377 g/mol. The first-order valence-electron chi connectivity index (χ1n) is 8.06. The van der Waals surface area contributed by atoms with Crippen LogP contribution in [-0.2, 0) is 11.3 Å². The highest BCUT2D eigenvalue weighted by molar-refractivity contribution is 6.31. The number of aromatic carboxylic acids is 1. The molecule has 138 valence electrons. The van der Waals surface area contributed by atoms with Gasteiger partial charge in [0.2, 0.25) is 0 Å². The first-order chi connectivity index (χ1) is 12.4. The van der Waals surface area contributed by atoms with Crippen molar-refractivity contribution in [3.05, 3.63) is 70.2 Å². The summed E-state index contributed by atoms with van der Waals surface area (Å²) in [7, 11) is 1.56. The van der Waals surface area contributed by atoms with E-state index in [-0.39, 0.29) is 30.3 Å². The minimum atomic E-state index is -0.985. The summed E-state index contributed by atoms with van der Waals surface area (Å²) in [6.07, 6.45) is -0.385. The molecule has 2 atom stereocenters. The fraction of sp³-hybridized carbons (Fsp3) is 0.263. The van der Waals surface area contributed by atoms with E-state index in [9.17, 15) is 9.59 Å². The Balaban J connectivity index is 1.91. The van der Waals surface area contributed by atoms with Crippen LogP contribution in [0.4, 0.5) is 4.79 Å². The molecule has 2 rings (SSSR count). The number of carbonyl (C=O) groups is 2. The number of halogens is 1. The van der Waals surface area contributed by atoms with Crippen molar-refractivity contribution in [1.82, 2.24) is 10.6 Å². The molecular weight excluding hydrogens is 356 g/mol. The normalized spacial score (nSPS) is 12.9. The zero-order valence-corrected chi connectivity index (χ0v) is 15.3. The highest BCUT2D eigenvalue weighted by Gasteiger charge is 2.22. The van der Waals surface area contributed by atoms with E-state index in [0.717, 1.165) is 11.1 Å². The largest absolute Gasteiger partial charge is 0.478 e. The van der Waals surface area contributed by atoms with Gasteiger partial charge < -0.3 is 20.5 Å². The molecular formula is C19H21ClN2O4. The number of amides is 2. The van der Waals surface area contributed by atoms with Gasteiger partial charge in [0, 0.05) is 24.2 Å². The second-order valence-electron chi connectivity index (χ2n) is 5.80. The molecule has 0 spiro atoms. The molecule has 0 radical (unpaired) electrons. The van der Waals surface area contributed by atoms with E-state index in [0.29, 0.717) is 5.02 Å². The molecule has 0 heterocycles. The minimum absolute atomic E-state index is 0.203. The molecule has 0 aliphatic heterocycles. The predicted octanol–water partition coefficient (Wildman–Crippen LogP) is 3.61. The molecule has 2 aromatic carbocycles. The van der Waals surface area contributed by atoms with E-state index in [1.54, 1.807) is 25.3 Å². The van der Waals surface area contributed by atoms with Gasteiger partial charge >= 0.3 is 12.0 Å². The van der Waals surface area contributed by atoms with Crippen LogP contribution in [-0.4, -0.2) is 30.3 Å². The monoisotopic (exact) mass is 376 g/mol. The Morgan fingerprint density at radius 1 is 1.15 bits per heavy atom. The Bertz CT molecular complexity index is 764. The second-order valence-corrected chi connectivity index (χ2v) is 6.20. The Hall–Kier alpha value is -2.57. The van der Waals surface area contributed by atoms with E-state index < -0.39 is 5.97 Å². The number of nitrogens with one attached hydrogen (secondary N) is 2. The molecule has 26 heavy (non-hydrogen) atoms. The smallest absolute Gasteiger partial charge is 0.335 e. The van der Waals surface area contributed by atoms with Gasteiger partial charge in [0.25, 0.3) is 0 Å². The fourth-order valence-corrected chi connectivity index (χ4v) is 2.83. The van der Waals surface area contributed by atoms with Crippen LogP contribution in [0.5, 0.6) is 0 Å². The Labute approximate surface area is 157 Å². The number of carbonyl (C=O) groups excluding carboxylic acids is 1. The van der Waals surface area contributed by atoms with Crippen molar-refractivity contribution in [3.63, 3.8) is 0 Å². The lowest BCUT2D eigenvalue weighted by Gasteiger charge is -2.25. The van der Waals surface area contributed by atoms with Crippen LogP contribution in [0.3, 0.4) is 0 Å². The van der Waals surface area contributed by atoms with Crippen molar-refractivity contribution in [1.29, 1.82) is 0 Å². The molecule has 3 N–H and O–H groups in total. The summed E-state index contributed by atoms with van der Waals surface area (Å²) in [6.45, 7) is 2.11. The predicted molar refractivity (Wildman–Crippen MR) is 99.4 cm³/mol. The Morgan fingerprint density at radius 2 is 1.81 bits per heavy atom. The number of carboxylic acids is 1. The maximum Gasteiger partial charge on any atom is 0.335 e. The molecule has 0 aliphatic rings. The van der Waals surface area contributed by atoms with Gasteiger partial charge in [-0.15, -0.1) is 0 Å². The van der Waals surface area contributed by atoms with Gasteiger partial charge in [0.15, 0.2) is 0 Å². The molecule has 6 nitrogen and oxygen atoms in total. The topological polar surface area (TPSA) is 87.7 Å². The summed E-state index contributed by atoms with van der Waals surface area (Å²) in [4.78, 5) is 23.0. The first kappa shape index (κ1) is 19.8. The van der Waals surface area contributed by atoms with Gasteiger partial charge in [0.05, 0.1) is 11.6 Å². The Morgan fingerprint density at radius 3 is 2.38 bits per heavy atom. The van der Waals surface area contributed by atoms with E-state index in [2.05, 4.69) is 10.6 Å². The second kappa shape index (κ2) is 9.22. The van der Waals surface area contributed by atoms with E-state index in [4.69, 9.17) is 21.4 Å². The SMILES string of the molecule is COC(c1ccccc1Cl)C(C)NC(=O)NCc1ccc(C(=O)O)cc1. The van der Waals surface area contributed by atoms with Gasteiger partial charge in [-0.1, -0.05) is 41.9 Å². The number of benzene rings is 2. The Kier molecular flexibility index (Phi) is 7.00. The number of ether oxygens (including phenoxy) is 1. The number of methoxy groups -OCH3 is 1. The fourth-order valence-electron chi connectivity index (χ4n) is 2.59. The summed E-state index contributed by atoms with van der Waals surface area (Å²) in [5.41, 5.74) is 1.80. The highest BCUT2D eigenvalue weighted by Crippen LogP contribution is 2.27. The molecule has 0 saturated heterocycles. The molecule has 2 aromatic rings. The minimum Gasteiger partial charge on any atom is -0.478 e. The van der Waals surface area contributed by atoms with Gasteiger partial charge in [-0.2, -0.15) is 0 Å². The number of carboxylic acid groups (broad SMARTS) is 1. The highest BCUT2D eigenvalue weighted by atomic mass is 35.5. The molecule has 0 aromatic heterocycles. The van der Waals surface area contributed by atoms with Gasteiger partial charge in [-0.05, 0) is 30.7 Å². The maximum absolute atomic E-state index is 12.1. The number of hydrogen-bond acceptors (Lipinski definition) is 3. The first-order valence-corrected chi connectivity index (χ1v) is 8.44. The van der Waals surface area contributed by atoms with Crippen LogP contribution >= 0.6 is 11.6 Å². The maximum atomic E-state index is 12.1. The average Bonchev–Trinajstić information content (AvgIpc) is 2.62. The molecule has 0 saturated carbocycles. The van der Waals surface area contributed by atoms with Gasteiger partial charge in [-0.3, -0.25) is 0 Å². The van der Waals surface area contributed by atoms with Crippen molar-refractivity contribution < 1.29 is 19.4 Å². The quantitative estimate of drug-likeness (QED) is 0.688. The van der Waals surface area contributed by atoms with Crippen molar-refractivity contribution in [3.8, 4) is 0 Å². The molecule has 7 heteroatoms. The molecule has 2 amide bonds. The molecule has 0 aliphatic carbocycles. The van der Waals surface area contributed by atoms with Crippen LogP contribution in [0.15, 0.2) is 48.5 Å². The van der Waals surface area contributed by atoms with Crippen LogP contribution < -0.4 is 10.6 Å². The van der Waals surface area contributed by atoms with Gasteiger partial charge in [-0.25, -0.2) is 9.59 Å². The standard InChI is InChI=1S/C19H21ClN2O4/c1-12(17(26-2)15-5-3-4-6-16(15)20)22-19(25)21-11-13-7-9-14(10-8-13)18(23)24/h3-10,12,17H,11H2,1-2H3,(H,23,24)(H2,21,22,25). The molecule has 0 fully saturated rings. The lowest BCUT2D eigenvalue weighted by Crippen LogP contribution is -2.43. The van der Waals surface area contributed by atoms with Crippen molar-refractivity contribution >= 4 is 23.6 Å². The van der Waals surface area contributed by atoms with E-state index >= 15 is 0 Å². The third-order valence-corrected chi connectivity index (χ3v) is 4.28. The van der Waals surface area contributed by atoms with Crippen LogP contribution in [0, 0.1) is 0 Å². The zero-order chi connectivity index (χ0) is 19.1. The van der Waals surface area contributed by atoms with Crippen LogP contribution in [0.2, 0.25) is 5.02 Å². The number of urea groups is 1. The summed E-state index contributed by atoms with van der Waals surface area (Å²) in [5, 5.41) is 15.0. The van der Waals surface area contributed by atoms with E-state index in [1.807, 2.05) is 25.1 Å². The zero-order valence-electron chi connectivity index (χ0n) is 14.5. The summed E-state index contributed by atoms with van der Waals surface area (Å²) in [5.74, 6) is -0.985. The van der Waals surface area contributed by atoms with Crippen molar-refractivity contribution in [2.24, 2.45) is 0 Å². The lowest BCUT2D eigenvalue weighted by atomic mass is 10.0. The van der Waals surface area contributed by atoms with Crippen LogP contribution in [0.1, 0.15) is 34.5 Å². The number of rotatable bonds is 7.